The molecule has 0 aliphatic carbocycles. The van der Waals surface area contributed by atoms with Gasteiger partial charge in [0.2, 0.25) is 11.8 Å². The van der Waals surface area contributed by atoms with Gasteiger partial charge in [-0.1, -0.05) is 32.9 Å². The second-order valence-corrected chi connectivity index (χ2v) is 10.4. The SMILES string of the molecule is COc1ccc2c(c1)C=C[C@H]1[C@@H]3C(=O)N(c4ccc(C(C)=O)cc4)C(=O)[C@@H]3[C@H](C(=O)C(C)(C)C)N21. The molecule has 0 N–H and O–H groups in total. The lowest BCUT2D eigenvalue weighted by Crippen LogP contribution is -2.51. The first-order valence-electron chi connectivity index (χ1n) is 11.7. The summed E-state index contributed by atoms with van der Waals surface area (Å²) in [6.45, 7) is 6.98. The van der Waals surface area contributed by atoms with Crippen LogP contribution in [-0.2, 0) is 14.4 Å². The molecule has 3 heterocycles. The van der Waals surface area contributed by atoms with Crippen LogP contribution in [0.15, 0.2) is 48.5 Å². The smallest absolute Gasteiger partial charge is 0.240 e. The molecule has 0 bridgehead atoms. The predicted molar refractivity (Wildman–Crippen MR) is 132 cm³/mol. The van der Waals surface area contributed by atoms with E-state index in [1.165, 1.54) is 11.8 Å². The zero-order valence-corrected chi connectivity index (χ0v) is 20.4. The quantitative estimate of drug-likeness (QED) is 0.496. The Kier molecular flexibility index (Phi) is 5.20. The molecule has 7 heteroatoms. The Bertz CT molecular complexity index is 1290. The summed E-state index contributed by atoms with van der Waals surface area (Å²) in [5, 5.41) is 0. The molecule has 2 amide bonds. The highest BCUT2D eigenvalue weighted by Crippen LogP contribution is 2.50. The molecule has 0 spiro atoms. The Morgan fingerprint density at radius 2 is 1.60 bits per heavy atom. The molecule has 2 fully saturated rings. The fourth-order valence-electron chi connectivity index (χ4n) is 5.52. The third kappa shape index (κ3) is 3.40. The van der Waals surface area contributed by atoms with Gasteiger partial charge >= 0.3 is 0 Å². The van der Waals surface area contributed by atoms with E-state index in [1.54, 1.807) is 31.4 Å². The Morgan fingerprint density at radius 1 is 0.943 bits per heavy atom. The number of anilines is 2. The molecule has 3 aliphatic rings. The van der Waals surface area contributed by atoms with Crippen molar-refractivity contribution >= 4 is 40.8 Å². The first kappa shape index (κ1) is 23.0. The zero-order valence-electron chi connectivity index (χ0n) is 20.4. The summed E-state index contributed by atoms with van der Waals surface area (Å²) in [6, 6.07) is 10.9. The van der Waals surface area contributed by atoms with Crippen LogP contribution in [0.2, 0.25) is 0 Å². The van der Waals surface area contributed by atoms with E-state index < -0.39 is 29.3 Å². The first-order chi connectivity index (χ1) is 16.5. The maximum Gasteiger partial charge on any atom is 0.240 e. The van der Waals surface area contributed by atoms with Gasteiger partial charge in [-0.15, -0.1) is 0 Å². The van der Waals surface area contributed by atoms with Crippen molar-refractivity contribution in [3.8, 4) is 5.75 Å². The minimum atomic E-state index is -0.801. The largest absolute Gasteiger partial charge is 0.497 e. The van der Waals surface area contributed by atoms with Gasteiger partial charge in [0.05, 0.1) is 30.7 Å². The number of carbonyl (C=O) groups excluding carboxylic acids is 4. The van der Waals surface area contributed by atoms with Gasteiger partial charge in [0.1, 0.15) is 11.8 Å². The maximum absolute atomic E-state index is 13.8. The second kappa shape index (κ2) is 7.90. The lowest BCUT2D eigenvalue weighted by molar-refractivity contribution is -0.132. The van der Waals surface area contributed by atoms with Crippen LogP contribution in [0.25, 0.3) is 6.08 Å². The third-order valence-corrected chi connectivity index (χ3v) is 7.25. The predicted octanol–water partition coefficient (Wildman–Crippen LogP) is 3.90. The number of benzene rings is 2. The lowest BCUT2D eigenvalue weighted by atomic mass is 9.79. The summed E-state index contributed by atoms with van der Waals surface area (Å²) in [4.78, 5) is 56.2. The van der Waals surface area contributed by atoms with Crippen molar-refractivity contribution in [2.75, 3.05) is 16.9 Å². The van der Waals surface area contributed by atoms with Crippen LogP contribution in [0.4, 0.5) is 11.4 Å². The van der Waals surface area contributed by atoms with Crippen molar-refractivity contribution in [1.29, 1.82) is 0 Å². The maximum atomic E-state index is 13.8. The number of Topliss-reactive ketones (excluding diaryl/α,β-unsaturated/α-hetero) is 2. The molecular weight excluding hydrogens is 444 g/mol. The normalized spacial score (nSPS) is 24.8. The highest BCUT2D eigenvalue weighted by atomic mass is 16.5. The van der Waals surface area contributed by atoms with Crippen LogP contribution < -0.4 is 14.5 Å². The number of hydrogen-bond donors (Lipinski definition) is 0. The summed E-state index contributed by atoms with van der Waals surface area (Å²) < 4.78 is 5.36. The standard InChI is InChI=1S/C28H28N2O5/c1-15(31)16-6-9-18(10-7-16)29-26(33)22-21-12-8-17-14-19(35-5)11-13-20(17)30(21)24(23(22)27(29)34)25(32)28(2,3)4/h6-14,21-24H,1-5H3/t21-,22-,23-,24+/m0/s1. The van der Waals surface area contributed by atoms with Crippen LogP contribution in [0.3, 0.4) is 0 Å². The molecule has 2 saturated heterocycles. The number of fused-ring (bicyclic) bond motifs is 5. The van der Waals surface area contributed by atoms with Crippen LogP contribution in [0.5, 0.6) is 5.75 Å². The Labute approximate surface area is 204 Å². The second-order valence-electron chi connectivity index (χ2n) is 10.4. The zero-order chi connectivity index (χ0) is 25.2. The van der Waals surface area contributed by atoms with Crippen molar-refractivity contribution in [2.24, 2.45) is 17.3 Å². The highest BCUT2D eigenvalue weighted by molar-refractivity contribution is 6.25. The molecule has 7 nitrogen and oxygen atoms in total. The van der Waals surface area contributed by atoms with E-state index >= 15 is 0 Å². The number of nitrogens with zero attached hydrogens (tertiary/aromatic N) is 2. The summed E-state index contributed by atoms with van der Waals surface area (Å²) in [7, 11) is 1.60. The van der Waals surface area contributed by atoms with E-state index in [-0.39, 0.29) is 23.4 Å². The van der Waals surface area contributed by atoms with Crippen molar-refractivity contribution in [1.82, 2.24) is 0 Å². The molecule has 4 atom stereocenters. The number of imide groups is 1. The van der Waals surface area contributed by atoms with E-state index in [0.29, 0.717) is 17.0 Å². The van der Waals surface area contributed by atoms with Gasteiger partial charge in [-0.2, -0.15) is 0 Å². The fraction of sp³-hybridized carbons (Fsp3) is 0.357. The number of ether oxygens (including phenoxy) is 1. The molecular formula is C28H28N2O5. The van der Waals surface area contributed by atoms with Gasteiger partial charge in [0, 0.05) is 22.2 Å². The van der Waals surface area contributed by atoms with Crippen LogP contribution in [0, 0.1) is 17.3 Å². The first-order valence-corrected chi connectivity index (χ1v) is 11.7. The van der Waals surface area contributed by atoms with Gasteiger partial charge in [-0.3, -0.25) is 19.2 Å². The van der Waals surface area contributed by atoms with Crippen LogP contribution in [0.1, 0.15) is 43.6 Å². The lowest BCUT2D eigenvalue weighted by Gasteiger charge is -2.38. The third-order valence-electron chi connectivity index (χ3n) is 7.25. The van der Waals surface area contributed by atoms with Gasteiger partial charge < -0.3 is 9.64 Å². The topological polar surface area (TPSA) is 84.0 Å². The summed E-state index contributed by atoms with van der Waals surface area (Å²) in [6.07, 6.45) is 3.85. The van der Waals surface area contributed by atoms with Gasteiger partial charge in [-0.05, 0) is 49.4 Å². The van der Waals surface area contributed by atoms with Crippen molar-refractivity contribution in [3.63, 3.8) is 0 Å². The van der Waals surface area contributed by atoms with E-state index in [4.69, 9.17) is 4.74 Å². The molecule has 180 valence electrons. The van der Waals surface area contributed by atoms with Crippen molar-refractivity contribution < 1.29 is 23.9 Å². The number of amides is 2. The van der Waals surface area contributed by atoms with Crippen molar-refractivity contribution in [3.05, 3.63) is 59.7 Å². The molecule has 2 aromatic carbocycles. The number of carbonyl (C=O) groups is 4. The van der Waals surface area contributed by atoms with E-state index in [9.17, 15) is 19.2 Å². The monoisotopic (exact) mass is 472 g/mol. The average molecular weight is 473 g/mol. The number of methoxy groups -OCH3 is 1. The number of ketones is 2. The Hall–Kier alpha value is -3.74. The molecule has 0 radical (unpaired) electrons. The average Bonchev–Trinajstić information content (AvgIpc) is 3.30. The van der Waals surface area contributed by atoms with Crippen LogP contribution >= 0.6 is 0 Å². The molecule has 0 aromatic heterocycles. The minimum Gasteiger partial charge on any atom is -0.497 e. The van der Waals surface area contributed by atoms with Crippen molar-refractivity contribution in [2.45, 2.75) is 39.8 Å². The highest BCUT2D eigenvalue weighted by Gasteiger charge is 2.65. The van der Waals surface area contributed by atoms with Gasteiger partial charge in [-0.25, -0.2) is 4.90 Å². The minimum absolute atomic E-state index is 0.0815. The molecule has 3 aliphatic heterocycles. The summed E-state index contributed by atoms with van der Waals surface area (Å²) in [5.41, 5.74) is 1.90. The van der Waals surface area contributed by atoms with E-state index in [0.717, 1.165) is 11.3 Å². The number of rotatable bonds is 4. The van der Waals surface area contributed by atoms with Gasteiger partial charge in [0.25, 0.3) is 0 Å². The molecule has 0 saturated carbocycles. The molecule has 0 unspecified atom stereocenters. The Morgan fingerprint density at radius 3 is 2.20 bits per heavy atom. The number of hydrogen-bond acceptors (Lipinski definition) is 6. The molecule has 35 heavy (non-hydrogen) atoms. The summed E-state index contributed by atoms with van der Waals surface area (Å²) >= 11 is 0. The fourth-order valence-corrected chi connectivity index (χ4v) is 5.52. The van der Waals surface area contributed by atoms with E-state index in [1.807, 2.05) is 56.0 Å². The molecule has 2 aromatic rings. The molecule has 5 rings (SSSR count). The van der Waals surface area contributed by atoms with Gasteiger partial charge in [0.15, 0.2) is 11.6 Å². The summed E-state index contributed by atoms with van der Waals surface area (Å²) in [5.74, 6) is -1.67. The van der Waals surface area contributed by atoms with E-state index in [2.05, 4.69) is 0 Å². The Balaban J connectivity index is 1.61. The van der Waals surface area contributed by atoms with Crippen LogP contribution in [-0.4, -0.2) is 42.6 Å².